The van der Waals surface area contributed by atoms with Gasteiger partial charge in [0.1, 0.15) is 12.4 Å². The van der Waals surface area contributed by atoms with Crippen LogP contribution in [0.2, 0.25) is 5.02 Å². The number of nitrogens with zero attached hydrogens (tertiary/aromatic N) is 3. The summed E-state index contributed by atoms with van der Waals surface area (Å²) in [6.07, 6.45) is 2.81. The van der Waals surface area contributed by atoms with Gasteiger partial charge in [0, 0.05) is 23.0 Å². The quantitative estimate of drug-likeness (QED) is 0.683. The fourth-order valence-corrected chi connectivity index (χ4v) is 2.70. The average molecular weight is 410 g/mol. The molecule has 0 aliphatic rings. The monoisotopic (exact) mass is 407 g/mol. The maximum Gasteiger partial charge on any atom is 0.133 e. The van der Waals surface area contributed by atoms with Gasteiger partial charge >= 0.3 is 0 Å². The maximum atomic E-state index is 5.87. The topological polar surface area (TPSA) is 39.9 Å². The van der Waals surface area contributed by atoms with Crippen LogP contribution in [0.3, 0.4) is 0 Å². The number of benzene rings is 1. The van der Waals surface area contributed by atoms with Crippen LogP contribution in [0.4, 0.5) is 0 Å². The van der Waals surface area contributed by atoms with E-state index in [1.165, 1.54) is 0 Å². The van der Waals surface area contributed by atoms with E-state index in [0.29, 0.717) is 18.2 Å². The van der Waals surface area contributed by atoms with Crippen LogP contribution in [-0.4, -0.2) is 26.9 Å². The fraction of sp³-hybridized carbons (Fsp3) is 0.333. The molecule has 0 aliphatic heterocycles. The van der Waals surface area contributed by atoms with Crippen LogP contribution in [0, 0.1) is 0 Å². The van der Waals surface area contributed by atoms with Gasteiger partial charge in [-0.05, 0) is 34.1 Å². The molecule has 0 atom stereocenters. The lowest BCUT2D eigenvalue weighted by Crippen LogP contribution is -2.09. The summed E-state index contributed by atoms with van der Waals surface area (Å²) in [5, 5.41) is 9.66. The zero-order chi connectivity index (χ0) is 13.7. The van der Waals surface area contributed by atoms with Gasteiger partial charge in [-0.1, -0.05) is 32.7 Å². The first kappa shape index (κ1) is 14.8. The van der Waals surface area contributed by atoms with Gasteiger partial charge in [0.15, 0.2) is 0 Å². The maximum absolute atomic E-state index is 5.87. The van der Waals surface area contributed by atoms with Crippen LogP contribution in [0.25, 0.3) is 0 Å². The van der Waals surface area contributed by atoms with Crippen molar-refractivity contribution in [2.75, 3.05) is 11.9 Å². The molecule has 0 radical (unpaired) electrons. The van der Waals surface area contributed by atoms with Crippen molar-refractivity contribution in [3.05, 3.63) is 39.6 Å². The molecule has 0 saturated carbocycles. The van der Waals surface area contributed by atoms with Gasteiger partial charge in [-0.15, -0.1) is 5.10 Å². The second-order valence-electron chi connectivity index (χ2n) is 3.84. The van der Waals surface area contributed by atoms with Gasteiger partial charge in [0.25, 0.3) is 0 Å². The van der Waals surface area contributed by atoms with Gasteiger partial charge in [0.05, 0.1) is 16.7 Å². The van der Waals surface area contributed by atoms with Crippen molar-refractivity contribution < 1.29 is 4.74 Å². The Labute approximate surface area is 133 Å². The summed E-state index contributed by atoms with van der Waals surface area (Å²) in [7, 11) is 0. The smallest absolute Gasteiger partial charge is 0.133 e. The van der Waals surface area contributed by atoms with E-state index in [0.717, 1.165) is 27.7 Å². The second kappa shape index (κ2) is 7.26. The van der Waals surface area contributed by atoms with Gasteiger partial charge in [-0.2, -0.15) is 0 Å². The summed E-state index contributed by atoms with van der Waals surface area (Å²) in [5.41, 5.74) is 0.976. The van der Waals surface area contributed by atoms with Gasteiger partial charge in [0.2, 0.25) is 0 Å². The predicted octanol–water partition coefficient (Wildman–Crippen LogP) is 3.71. The number of halogens is 3. The Balaban J connectivity index is 1.85. The molecule has 0 saturated heterocycles. The molecule has 2 aromatic rings. The molecule has 0 bridgehead atoms. The zero-order valence-corrected chi connectivity index (χ0v) is 13.9. The van der Waals surface area contributed by atoms with Crippen LogP contribution in [-0.2, 0) is 13.0 Å². The number of hydrogen-bond donors (Lipinski definition) is 0. The number of aryl methyl sites for hydroxylation is 1. The van der Waals surface area contributed by atoms with Gasteiger partial charge in [-0.3, -0.25) is 0 Å². The molecule has 1 aromatic carbocycles. The largest absolute Gasteiger partial charge is 0.490 e. The molecule has 1 heterocycles. The third-order valence-corrected chi connectivity index (χ3v) is 3.66. The van der Waals surface area contributed by atoms with Crippen molar-refractivity contribution in [2.24, 2.45) is 0 Å². The first-order chi connectivity index (χ1) is 9.19. The minimum atomic E-state index is 0.525. The van der Waals surface area contributed by atoms with E-state index in [-0.39, 0.29) is 0 Å². The fourth-order valence-electron chi connectivity index (χ4n) is 1.50. The first-order valence-corrected chi connectivity index (χ1v) is 8.01. The molecule has 0 unspecified atom stereocenters. The summed E-state index contributed by atoms with van der Waals surface area (Å²) in [6, 6.07) is 5.44. The molecular formula is C12H12Br2ClN3O. The van der Waals surface area contributed by atoms with Crippen molar-refractivity contribution in [1.82, 2.24) is 15.0 Å². The highest BCUT2D eigenvalue weighted by atomic mass is 79.9. The molecule has 0 aliphatic carbocycles. The third kappa shape index (κ3) is 4.47. The normalized spacial score (nSPS) is 10.7. The van der Waals surface area contributed by atoms with Crippen molar-refractivity contribution >= 4 is 43.5 Å². The number of alkyl halides is 1. The Morgan fingerprint density at radius 2 is 2.21 bits per heavy atom. The van der Waals surface area contributed by atoms with Crippen molar-refractivity contribution in [1.29, 1.82) is 0 Å². The van der Waals surface area contributed by atoms with E-state index < -0.39 is 0 Å². The van der Waals surface area contributed by atoms with E-state index in [1.807, 2.05) is 12.3 Å². The van der Waals surface area contributed by atoms with Crippen molar-refractivity contribution in [2.45, 2.75) is 13.0 Å². The Kier molecular flexibility index (Phi) is 5.66. The molecule has 0 N–H and O–H groups in total. The summed E-state index contributed by atoms with van der Waals surface area (Å²) in [4.78, 5) is 0. The third-order valence-electron chi connectivity index (χ3n) is 2.41. The molecule has 0 fully saturated rings. The molecule has 0 spiro atoms. The van der Waals surface area contributed by atoms with Crippen molar-refractivity contribution in [3.63, 3.8) is 0 Å². The highest BCUT2D eigenvalue weighted by Gasteiger charge is 2.03. The molecule has 102 valence electrons. The van der Waals surface area contributed by atoms with Gasteiger partial charge in [-0.25, -0.2) is 4.68 Å². The molecule has 19 heavy (non-hydrogen) atoms. The van der Waals surface area contributed by atoms with Crippen LogP contribution in [0.1, 0.15) is 5.69 Å². The molecule has 7 heteroatoms. The SMILES string of the molecule is Clc1ccc(OCCn2cc(CCBr)nn2)c(Br)c1. The van der Waals surface area contributed by atoms with E-state index in [1.54, 1.807) is 16.8 Å². The van der Waals surface area contributed by atoms with E-state index in [2.05, 4.69) is 42.2 Å². The standard InChI is InChI=1S/C12H12Br2ClN3O/c13-4-3-10-8-18(17-16-10)5-6-19-12-2-1-9(15)7-11(12)14/h1-2,7-8H,3-6H2. The number of rotatable bonds is 6. The van der Waals surface area contributed by atoms with Crippen molar-refractivity contribution in [3.8, 4) is 5.75 Å². The molecule has 4 nitrogen and oxygen atoms in total. The minimum Gasteiger partial charge on any atom is -0.490 e. The Morgan fingerprint density at radius 1 is 1.37 bits per heavy atom. The highest BCUT2D eigenvalue weighted by molar-refractivity contribution is 9.10. The molecular weight excluding hydrogens is 397 g/mol. The molecule has 0 amide bonds. The lowest BCUT2D eigenvalue weighted by molar-refractivity contribution is 0.288. The van der Waals surface area contributed by atoms with Gasteiger partial charge < -0.3 is 4.74 Å². The summed E-state index contributed by atoms with van der Waals surface area (Å²) in [6.45, 7) is 1.18. The Morgan fingerprint density at radius 3 is 2.95 bits per heavy atom. The van der Waals surface area contributed by atoms with E-state index in [4.69, 9.17) is 16.3 Å². The molecule has 1 aromatic heterocycles. The van der Waals surface area contributed by atoms with Crippen LogP contribution >= 0.6 is 43.5 Å². The van der Waals surface area contributed by atoms with Crippen LogP contribution < -0.4 is 4.74 Å². The number of hydrogen-bond acceptors (Lipinski definition) is 3. The number of ether oxygens (including phenoxy) is 1. The van der Waals surface area contributed by atoms with Crippen LogP contribution in [0.15, 0.2) is 28.9 Å². The predicted molar refractivity (Wildman–Crippen MR) is 82.2 cm³/mol. The Hall–Kier alpha value is -0.590. The average Bonchev–Trinajstić information content (AvgIpc) is 2.80. The Bertz CT molecular complexity index is 548. The van der Waals surface area contributed by atoms with E-state index >= 15 is 0 Å². The summed E-state index contributed by atoms with van der Waals surface area (Å²) >= 11 is 12.7. The highest BCUT2D eigenvalue weighted by Crippen LogP contribution is 2.27. The second-order valence-corrected chi connectivity index (χ2v) is 5.92. The lowest BCUT2D eigenvalue weighted by atomic mass is 10.3. The zero-order valence-electron chi connectivity index (χ0n) is 10.0. The van der Waals surface area contributed by atoms with Crippen LogP contribution in [0.5, 0.6) is 5.75 Å². The summed E-state index contributed by atoms with van der Waals surface area (Å²) in [5.74, 6) is 0.769. The summed E-state index contributed by atoms with van der Waals surface area (Å²) < 4.78 is 8.29. The van der Waals surface area contributed by atoms with E-state index in [9.17, 15) is 0 Å². The number of aromatic nitrogens is 3. The minimum absolute atomic E-state index is 0.525. The first-order valence-electron chi connectivity index (χ1n) is 5.72. The lowest BCUT2D eigenvalue weighted by Gasteiger charge is -2.08. The molecule has 2 rings (SSSR count).